The number of hydrogen-bond acceptors (Lipinski definition) is 2. The molecule has 0 amide bonds. The van der Waals surface area contributed by atoms with Crippen LogP contribution >= 0.6 is 0 Å². The summed E-state index contributed by atoms with van der Waals surface area (Å²) in [6.45, 7) is 0. The molecule has 1 aliphatic carbocycles. The largest absolute Gasteiger partial charge is 0.309 e. The third-order valence-electron chi connectivity index (χ3n) is 11.3. The number of rotatable bonds is 4. The SMILES string of the molecule is c1ccc(-c2cccc(-n3c4ccccc4c4cc(-c5ccc6c(c5)c5ccccc5n6-c5cnc6c(c5)-c5nccc7cccc-6c57)ccc43)c2)cc1. The van der Waals surface area contributed by atoms with E-state index >= 15 is 0 Å². The van der Waals surface area contributed by atoms with Gasteiger partial charge < -0.3 is 9.13 Å². The molecule has 11 aromatic rings. The molecule has 4 heterocycles. The van der Waals surface area contributed by atoms with Crippen LogP contribution in [0.3, 0.4) is 0 Å². The van der Waals surface area contributed by atoms with E-state index in [1.807, 2.05) is 12.4 Å². The van der Waals surface area contributed by atoms with Crippen LogP contribution in [0.15, 0.2) is 182 Å². The number of nitrogens with zero attached hydrogens (tertiary/aromatic N) is 4. The average molecular weight is 687 g/mol. The van der Waals surface area contributed by atoms with Crippen molar-refractivity contribution in [1.82, 2.24) is 19.1 Å². The zero-order valence-corrected chi connectivity index (χ0v) is 29.1. The molecule has 0 saturated heterocycles. The Morgan fingerprint density at radius 1 is 0.352 bits per heavy atom. The van der Waals surface area contributed by atoms with E-state index in [1.54, 1.807) is 0 Å². The van der Waals surface area contributed by atoms with Gasteiger partial charge in [-0.05, 0) is 88.3 Å². The van der Waals surface area contributed by atoms with Gasteiger partial charge in [0.2, 0.25) is 0 Å². The van der Waals surface area contributed by atoms with Crippen molar-refractivity contribution in [2.75, 3.05) is 0 Å². The van der Waals surface area contributed by atoms with Crippen LogP contribution in [-0.2, 0) is 0 Å². The highest BCUT2D eigenvalue weighted by Crippen LogP contribution is 2.46. The smallest absolute Gasteiger partial charge is 0.0809 e. The molecule has 0 atom stereocenters. The molecule has 0 bridgehead atoms. The summed E-state index contributed by atoms with van der Waals surface area (Å²) in [6, 6.07) is 61.5. The quantitative estimate of drug-likeness (QED) is 0.185. The van der Waals surface area contributed by atoms with Crippen molar-refractivity contribution in [2.45, 2.75) is 0 Å². The summed E-state index contributed by atoms with van der Waals surface area (Å²) < 4.78 is 4.75. The second kappa shape index (κ2) is 11.1. The van der Waals surface area contributed by atoms with Crippen molar-refractivity contribution in [1.29, 1.82) is 0 Å². The van der Waals surface area contributed by atoms with Crippen LogP contribution in [-0.4, -0.2) is 19.1 Å². The monoisotopic (exact) mass is 686 g/mol. The molecular weight excluding hydrogens is 657 g/mol. The normalized spacial score (nSPS) is 12.1. The molecule has 4 nitrogen and oxygen atoms in total. The number of aromatic nitrogens is 4. The second-order valence-electron chi connectivity index (χ2n) is 14.2. The highest BCUT2D eigenvalue weighted by Gasteiger charge is 2.25. The van der Waals surface area contributed by atoms with E-state index in [0.717, 1.165) is 44.9 Å². The first-order valence-corrected chi connectivity index (χ1v) is 18.4. The molecule has 4 aromatic heterocycles. The first-order chi connectivity index (χ1) is 26.8. The molecule has 0 fully saturated rings. The van der Waals surface area contributed by atoms with Crippen LogP contribution in [0.25, 0.3) is 111 Å². The molecule has 4 heteroatoms. The summed E-state index contributed by atoms with van der Waals surface area (Å²) in [6.07, 6.45) is 3.92. The molecule has 0 radical (unpaired) electrons. The topological polar surface area (TPSA) is 35.6 Å². The van der Waals surface area contributed by atoms with E-state index in [1.165, 1.54) is 65.6 Å². The minimum Gasteiger partial charge on any atom is -0.309 e. The lowest BCUT2D eigenvalue weighted by Gasteiger charge is -2.11. The second-order valence-corrected chi connectivity index (χ2v) is 14.2. The summed E-state index contributed by atoms with van der Waals surface area (Å²) in [5.41, 5.74) is 15.9. The van der Waals surface area contributed by atoms with Crippen molar-refractivity contribution in [3.8, 4) is 56.1 Å². The zero-order chi connectivity index (χ0) is 35.3. The number of para-hydroxylation sites is 2. The van der Waals surface area contributed by atoms with Gasteiger partial charge in [0, 0.05) is 49.9 Å². The Labute approximate surface area is 310 Å². The van der Waals surface area contributed by atoms with Gasteiger partial charge >= 0.3 is 0 Å². The van der Waals surface area contributed by atoms with Gasteiger partial charge in [0.25, 0.3) is 0 Å². The molecule has 0 saturated carbocycles. The van der Waals surface area contributed by atoms with Gasteiger partial charge in [-0.2, -0.15) is 0 Å². The van der Waals surface area contributed by atoms with Gasteiger partial charge in [-0.3, -0.25) is 9.97 Å². The molecule has 0 N–H and O–H groups in total. The standard InChI is InChI=1S/C50H30N4/c1-2-10-31(11-3-1)33-13-8-14-36(26-33)53-44-18-6-4-15-38(44)41-27-34(20-22-46(41)53)35-21-23-47-42(28-35)39-16-5-7-19-45(39)54(47)37-29-43-49(52-30-37)40-17-9-12-32-24-25-51-50(43)48(32)40/h1-30H. The fourth-order valence-electron chi connectivity index (χ4n) is 8.92. The van der Waals surface area contributed by atoms with Gasteiger partial charge in [0.15, 0.2) is 0 Å². The number of fused-ring (bicyclic) bond motifs is 9. The molecule has 0 unspecified atom stereocenters. The van der Waals surface area contributed by atoms with Crippen molar-refractivity contribution in [3.05, 3.63) is 182 Å². The number of pyridine rings is 2. The third kappa shape index (κ3) is 4.13. The maximum absolute atomic E-state index is 5.07. The Hall–Kier alpha value is -7.30. The lowest BCUT2D eigenvalue weighted by molar-refractivity contribution is 1.14. The number of benzene rings is 7. The van der Waals surface area contributed by atoms with E-state index in [9.17, 15) is 0 Å². The maximum atomic E-state index is 5.07. The predicted octanol–water partition coefficient (Wildman–Crippen LogP) is 12.8. The van der Waals surface area contributed by atoms with Crippen molar-refractivity contribution in [3.63, 3.8) is 0 Å². The first kappa shape index (κ1) is 29.3. The van der Waals surface area contributed by atoms with E-state index in [0.29, 0.717) is 0 Å². The lowest BCUT2D eigenvalue weighted by Crippen LogP contribution is -1.96. The molecular formula is C50H30N4. The first-order valence-electron chi connectivity index (χ1n) is 18.4. The predicted molar refractivity (Wildman–Crippen MR) is 224 cm³/mol. The van der Waals surface area contributed by atoms with Crippen LogP contribution in [0, 0.1) is 0 Å². The highest BCUT2D eigenvalue weighted by molar-refractivity contribution is 6.15. The highest BCUT2D eigenvalue weighted by atomic mass is 15.0. The van der Waals surface area contributed by atoms with Crippen LogP contribution in [0.5, 0.6) is 0 Å². The van der Waals surface area contributed by atoms with E-state index in [2.05, 4.69) is 179 Å². The molecule has 250 valence electrons. The summed E-state index contributed by atoms with van der Waals surface area (Å²) in [5, 5.41) is 7.30. The van der Waals surface area contributed by atoms with Crippen LogP contribution in [0.1, 0.15) is 0 Å². The minimum absolute atomic E-state index is 1.00. The summed E-state index contributed by atoms with van der Waals surface area (Å²) >= 11 is 0. The zero-order valence-electron chi connectivity index (χ0n) is 29.1. The third-order valence-corrected chi connectivity index (χ3v) is 11.3. The Bertz CT molecular complexity index is 3330. The fraction of sp³-hybridized carbons (Fsp3) is 0. The van der Waals surface area contributed by atoms with Gasteiger partial charge in [-0.1, -0.05) is 109 Å². The molecule has 54 heavy (non-hydrogen) atoms. The van der Waals surface area contributed by atoms with E-state index in [-0.39, 0.29) is 0 Å². The molecule has 12 rings (SSSR count). The summed E-state index contributed by atoms with van der Waals surface area (Å²) in [5.74, 6) is 0. The Morgan fingerprint density at radius 3 is 1.70 bits per heavy atom. The van der Waals surface area contributed by atoms with E-state index in [4.69, 9.17) is 9.97 Å². The minimum atomic E-state index is 1.00. The van der Waals surface area contributed by atoms with Crippen LogP contribution in [0.2, 0.25) is 0 Å². The average Bonchev–Trinajstić information content (AvgIpc) is 3.87. The number of hydrogen-bond donors (Lipinski definition) is 0. The Kier molecular flexibility index (Phi) is 6.02. The molecule has 0 spiro atoms. The van der Waals surface area contributed by atoms with Crippen molar-refractivity contribution in [2.24, 2.45) is 0 Å². The van der Waals surface area contributed by atoms with Gasteiger partial charge in [0.05, 0.1) is 45.3 Å². The van der Waals surface area contributed by atoms with Crippen molar-refractivity contribution >= 4 is 54.4 Å². The van der Waals surface area contributed by atoms with Crippen LogP contribution in [0.4, 0.5) is 0 Å². The summed E-state index contributed by atoms with van der Waals surface area (Å²) in [4.78, 5) is 9.90. The van der Waals surface area contributed by atoms with Gasteiger partial charge in [-0.15, -0.1) is 0 Å². The lowest BCUT2D eigenvalue weighted by atomic mass is 10.0. The maximum Gasteiger partial charge on any atom is 0.0809 e. The summed E-state index contributed by atoms with van der Waals surface area (Å²) in [7, 11) is 0. The molecule has 0 aliphatic heterocycles. The van der Waals surface area contributed by atoms with Gasteiger partial charge in [-0.25, -0.2) is 0 Å². The molecule has 7 aromatic carbocycles. The fourth-order valence-corrected chi connectivity index (χ4v) is 8.92. The Morgan fingerprint density at radius 2 is 0.963 bits per heavy atom. The molecule has 1 aliphatic rings. The van der Waals surface area contributed by atoms with E-state index < -0.39 is 0 Å². The van der Waals surface area contributed by atoms with Crippen molar-refractivity contribution < 1.29 is 0 Å². The van der Waals surface area contributed by atoms with Gasteiger partial charge in [0.1, 0.15) is 0 Å². The Balaban J connectivity index is 1.01. The van der Waals surface area contributed by atoms with Crippen LogP contribution < -0.4 is 0 Å².